The average molecular weight is 570 g/mol. The van der Waals surface area contributed by atoms with Gasteiger partial charge in [0.2, 0.25) is 23.1 Å². The number of allylic oxidation sites excluding steroid dienone is 4. The molecule has 2 aromatic carbocycles. The van der Waals surface area contributed by atoms with E-state index < -0.39 is 79.7 Å². The summed E-state index contributed by atoms with van der Waals surface area (Å²) < 4.78 is 20.6. The van der Waals surface area contributed by atoms with Crippen LogP contribution in [0.4, 0.5) is 0 Å². The molecule has 0 unspecified atom stereocenters. The van der Waals surface area contributed by atoms with E-state index in [1.54, 1.807) is 0 Å². The zero-order valence-electron chi connectivity index (χ0n) is 22.3. The van der Waals surface area contributed by atoms with Gasteiger partial charge in [0.05, 0.1) is 36.5 Å². The molecule has 0 atom stereocenters. The Morgan fingerprint density at radius 1 is 0.571 bits per heavy atom. The fraction of sp³-hybridized carbons (Fsp3) is 0.133. The fourth-order valence-electron chi connectivity index (χ4n) is 5.52. The monoisotopic (exact) mass is 570 g/mol. The van der Waals surface area contributed by atoms with E-state index in [1.165, 1.54) is 38.1 Å². The van der Waals surface area contributed by atoms with Crippen LogP contribution in [0.1, 0.15) is 53.0 Å². The van der Waals surface area contributed by atoms with E-state index in [-0.39, 0.29) is 44.2 Å². The van der Waals surface area contributed by atoms with Crippen LogP contribution >= 0.6 is 0 Å². The van der Waals surface area contributed by atoms with Gasteiger partial charge in [-0.3, -0.25) is 19.2 Å². The van der Waals surface area contributed by atoms with Crippen molar-refractivity contribution in [2.24, 2.45) is 0 Å². The van der Waals surface area contributed by atoms with E-state index in [1.807, 2.05) is 0 Å². The molecule has 4 aromatic rings. The Morgan fingerprint density at radius 3 is 1.26 bits per heavy atom. The molecular weight excluding hydrogens is 552 g/mol. The summed E-state index contributed by atoms with van der Waals surface area (Å²) in [5.41, 5.74) is -5.38. The second-order valence-electron chi connectivity index (χ2n) is 9.65. The van der Waals surface area contributed by atoms with Crippen LogP contribution in [0.15, 0.2) is 65.4 Å². The SMILES string of the molecule is COC1=C(C2=C(OC)C(=O)c3cc4cc(C)oc(=O)c4c(O)c3C2=O)C(=O)c2c(cc3cc(C)oc(=O)c3c2O)C1=O. The summed E-state index contributed by atoms with van der Waals surface area (Å²) in [6, 6.07) is 5.19. The van der Waals surface area contributed by atoms with Crippen LogP contribution in [0, 0.1) is 13.8 Å². The predicted molar refractivity (Wildman–Crippen MR) is 143 cm³/mol. The third kappa shape index (κ3) is 3.35. The standard InChI is InChI=1S/C30H18O12/c1-9-5-11-7-13-17(23(33)15(11)29(37)41-9)25(35)19(27(39-3)21(13)31)20-26(36)18-14(22(32)28(20)40-4)8-12-6-10(2)42-30(38)16(12)24(18)34/h5-8,33-34H,1-4H3. The number of hydrogen-bond acceptors (Lipinski definition) is 12. The molecule has 0 saturated heterocycles. The number of aryl methyl sites for hydroxylation is 2. The number of phenols is 2. The number of carbonyl (C=O) groups excluding carboxylic acids is 4. The maximum Gasteiger partial charge on any atom is 0.347 e. The minimum Gasteiger partial charge on any atom is -0.506 e. The Bertz CT molecular complexity index is 2050. The molecule has 6 rings (SSSR count). The van der Waals surface area contributed by atoms with E-state index in [2.05, 4.69) is 0 Å². The van der Waals surface area contributed by atoms with E-state index in [4.69, 9.17) is 18.3 Å². The summed E-state index contributed by atoms with van der Waals surface area (Å²) in [7, 11) is 2.11. The van der Waals surface area contributed by atoms with Crippen molar-refractivity contribution < 1.29 is 47.7 Å². The van der Waals surface area contributed by atoms with Crippen LogP contribution in [-0.4, -0.2) is 47.6 Å². The lowest BCUT2D eigenvalue weighted by atomic mass is 9.77. The Labute approximate surface area is 233 Å². The van der Waals surface area contributed by atoms with Gasteiger partial charge in [0.1, 0.15) is 33.8 Å². The number of ketones is 4. The third-order valence-electron chi connectivity index (χ3n) is 7.22. The summed E-state index contributed by atoms with van der Waals surface area (Å²) in [5, 5.41) is 21.6. The van der Waals surface area contributed by atoms with E-state index >= 15 is 0 Å². The highest BCUT2D eigenvalue weighted by Crippen LogP contribution is 2.44. The van der Waals surface area contributed by atoms with Crippen LogP contribution in [0.5, 0.6) is 11.5 Å². The number of hydrogen-bond donors (Lipinski definition) is 2. The van der Waals surface area contributed by atoms with Gasteiger partial charge in [0.25, 0.3) is 0 Å². The number of methoxy groups -OCH3 is 2. The highest BCUT2D eigenvalue weighted by molar-refractivity contribution is 6.38. The summed E-state index contributed by atoms with van der Waals surface area (Å²) in [6.07, 6.45) is 0. The minimum absolute atomic E-state index is 0.112. The van der Waals surface area contributed by atoms with Gasteiger partial charge in [-0.2, -0.15) is 0 Å². The average Bonchev–Trinajstić information content (AvgIpc) is 2.91. The summed E-state index contributed by atoms with van der Waals surface area (Å²) >= 11 is 0. The van der Waals surface area contributed by atoms with Gasteiger partial charge in [0, 0.05) is 11.1 Å². The van der Waals surface area contributed by atoms with Gasteiger partial charge in [-0.25, -0.2) is 9.59 Å². The Kier molecular flexibility index (Phi) is 5.58. The highest BCUT2D eigenvalue weighted by atomic mass is 16.5. The maximum atomic E-state index is 14.0. The number of rotatable bonds is 3. The zero-order valence-corrected chi connectivity index (χ0v) is 22.3. The Morgan fingerprint density at radius 2 is 0.929 bits per heavy atom. The molecule has 12 nitrogen and oxygen atoms in total. The number of aromatic hydroxyl groups is 2. The maximum absolute atomic E-state index is 14.0. The molecule has 2 aliphatic rings. The third-order valence-corrected chi connectivity index (χ3v) is 7.22. The van der Waals surface area contributed by atoms with Crippen molar-refractivity contribution in [3.05, 3.63) is 102 Å². The highest BCUT2D eigenvalue weighted by Gasteiger charge is 2.46. The first-order valence-corrected chi connectivity index (χ1v) is 12.3. The van der Waals surface area contributed by atoms with Crippen molar-refractivity contribution in [2.45, 2.75) is 13.8 Å². The number of fused-ring (bicyclic) bond motifs is 4. The van der Waals surface area contributed by atoms with E-state index in [0.29, 0.717) is 0 Å². The Balaban J connectivity index is 1.67. The van der Waals surface area contributed by atoms with Crippen molar-refractivity contribution in [2.75, 3.05) is 14.2 Å². The molecular formula is C30H18O12. The molecule has 0 bridgehead atoms. The molecule has 0 saturated carbocycles. The molecule has 2 heterocycles. The number of carbonyl (C=O) groups is 4. The topological polar surface area (TPSA) is 188 Å². The normalized spacial score (nSPS) is 15.0. The van der Waals surface area contributed by atoms with Crippen molar-refractivity contribution in [3.63, 3.8) is 0 Å². The van der Waals surface area contributed by atoms with Gasteiger partial charge in [-0.05, 0) is 48.9 Å². The van der Waals surface area contributed by atoms with Crippen molar-refractivity contribution >= 4 is 44.7 Å². The first-order chi connectivity index (χ1) is 19.9. The zero-order chi connectivity index (χ0) is 30.4. The van der Waals surface area contributed by atoms with Crippen LogP contribution in [-0.2, 0) is 9.47 Å². The van der Waals surface area contributed by atoms with Crippen LogP contribution in [0.25, 0.3) is 21.5 Å². The lowest BCUT2D eigenvalue weighted by molar-refractivity contribution is 0.0879. The Hall–Kier alpha value is -5.78. The molecule has 0 aliphatic heterocycles. The molecule has 2 aliphatic carbocycles. The summed E-state index contributed by atoms with van der Waals surface area (Å²) in [4.78, 5) is 80.5. The van der Waals surface area contributed by atoms with Gasteiger partial charge < -0.3 is 28.5 Å². The van der Waals surface area contributed by atoms with Gasteiger partial charge in [0.15, 0.2) is 11.5 Å². The lowest BCUT2D eigenvalue weighted by Crippen LogP contribution is -2.31. The molecule has 42 heavy (non-hydrogen) atoms. The molecule has 0 spiro atoms. The van der Waals surface area contributed by atoms with Gasteiger partial charge >= 0.3 is 11.3 Å². The summed E-state index contributed by atoms with van der Waals surface area (Å²) in [6.45, 7) is 2.96. The number of Topliss-reactive ketones (excluding diaryl/α,β-unsaturated/α-hetero) is 4. The second kappa shape index (κ2) is 8.86. The lowest BCUT2D eigenvalue weighted by Gasteiger charge is -2.26. The van der Waals surface area contributed by atoms with Crippen LogP contribution < -0.4 is 11.3 Å². The molecule has 2 N–H and O–H groups in total. The fourth-order valence-corrected chi connectivity index (χ4v) is 5.52. The molecule has 0 amide bonds. The molecule has 0 radical (unpaired) electrons. The largest absolute Gasteiger partial charge is 0.506 e. The number of phenolic OH excluding ortho intramolecular Hbond substituents is 2. The summed E-state index contributed by atoms with van der Waals surface area (Å²) in [5.74, 6) is -6.89. The molecule has 210 valence electrons. The van der Waals surface area contributed by atoms with Crippen molar-refractivity contribution in [3.8, 4) is 11.5 Å². The second-order valence-corrected chi connectivity index (χ2v) is 9.65. The predicted octanol–water partition coefficient (Wildman–Crippen LogP) is 3.19. The van der Waals surface area contributed by atoms with Gasteiger partial charge in [-0.1, -0.05) is 0 Å². The molecule has 12 heteroatoms. The molecule has 0 fully saturated rings. The van der Waals surface area contributed by atoms with Crippen molar-refractivity contribution in [1.29, 1.82) is 0 Å². The quantitative estimate of drug-likeness (QED) is 0.367. The molecule has 2 aromatic heterocycles. The first-order valence-electron chi connectivity index (χ1n) is 12.3. The number of benzene rings is 2. The van der Waals surface area contributed by atoms with E-state index in [9.17, 15) is 39.0 Å². The minimum atomic E-state index is -1.15. The first kappa shape index (κ1) is 26.4. The van der Waals surface area contributed by atoms with Gasteiger partial charge in [-0.15, -0.1) is 0 Å². The smallest absolute Gasteiger partial charge is 0.347 e. The van der Waals surface area contributed by atoms with Crippen molar-refractivity contribution in [1.82, 2.24) is 0 Å². The van der Waals surface area contributed by atoms with E-state index in [0.717, 1.165) is 14.2 Å². The number of ether oxygens (including phenoxy) is 2. The van der Waals surface area contributed by atoms with Crippen LogP contribution in [0.3, 0.4) is 0 Å². The van der Waals surface area contributed by atoms with Crippen LogP contribution in [0.2, 0.25) is 0 Å².